The Labute approximate surface area is 179 Å². The number of hydrogen-bond acceptors (Lipinski definition) is 7. The van der Waals surface area contributed by atoms with Crippen LogP contribution in [0, 0.1) is 10.1 Å². The quantitative estimate of drug-likeness (QED) is 0.394. The number of aliphatic carboxylic acids is 1. The number of ether oxygens (including phenoxy) is 1. The van der Waals surface area contributed by atoms with Gasteiger partial charge in [-0.3, -0.25) is 14.9 Å². The molecule has 0 saturated carbocycles. The van der Waals surface area contributed by atoms with E-state index in [9.17, 15) is 14.9 Å². The molecule has 0 spiro atoms. The molecule has 1 heterocycles. The van der Waals surface area contributed by atoms with Crippen molar-refractivity contribution in [3.8, 4) is 17.0 Å². The van der Waals surface area contributed by atoms with E-state index in [4.69, 9.17) is 14.4 Å². The molecule has 0 radical (unpaired) electrons. The van der Waals surface area contributed by atoms with E-state index in [1.165, 1.54) is 12.1 Å². The zero-order valence-corrected chi connectivity index (χ0v) is 17.4. The lowest BCUT2D eigenvalue weighted by atomic mass is 10.1. The summed E-state index contributed by atoms with van der Waals surface area (Å²) in [5.41, 5.74) is 2.83. The highest BCUT2D eigenvalue weighted by Crippen LogP contribution is 2.31. The third-order valence-corrected chi connectivity index (χ3v) is 4.74. The van der Waals surface area contributed by atoms with Gasteiger partial charge in [0, 0.05) is 56.0 Å². The summed E-state index contributed by atoms with van der Waals surface area (Å²) in [5.74, 6) is 0.231. The molecule has 0 bridgehead atoms. The van der Waals surface area contributed by atoms with Crippen LogP contribution in [0.3, 0.4) is 0 Å². The lowest BCUT2D eigenvalue weighted by molar-refractivity contribution is -0.384. The number of carboxylic acid groups (broad SMARTS) is 1. The van der Waals surface area contributed by atoms with Gasteiger partial charge in [-0.15, -0.1) is 0 Å². The van der Waals surface area contributed by atoms with Crippen LogP contribution < -0.4 is 9.64 Å². The second kappa shape index (κ2) is 9.29. The van der Waals surface area contributed by atoms with Gasteiger partial charge >= 0.3 is 5.97 Å². The summed E-state index contributed by atoms with van der Waals surface area (Å²) in [6, 6.07) is 13.4. The van der Waals surface area contributed by atoms with Crippen LogP contribution >= 0.6 is 0 Å². The van der Waals surface area contributed by atoms with Crippen LogP contribution in [0.5, 0.6) is 5.75 Å². The maximum Gasteiger partial charge on any atom is 0.303 e. The Hall–Kier alpha value is -3.88. The maximum absolute atomic E-state index is 11.0. The first-order chi connectivity index (χ1) is 14.7. The van der Waals surface area contributed by atoms with Crippen molar-refractivity contribution in [3.63, 3.8) is 0 Å². The van der Waals surface area contributed by atoms with Gasteiger partial charge in [-0.1, -0.05) is 23.4 Å². The number of aryl methyl sites for hydroxylation is 1. The van der Waals surface area contributed by atoms with E-state index >= 15 is 0 Å². The van der Waals surface area contributed by atoms with Crippen LogP contribution in [-0.2, 0) is 11.2 Å². The van der Waals surface area contributed by atoms with Gasteiger partial charge in [-0.05, 0) is 25.0 Å². The third-order valence-electron chi connectivity index (χ3n) is 4.74. The van der Waals surface area contributed by atoms with E-state index in [2.05, 4.69) is 5.16 Å². The van der Waals surface area contributed by atoms with Crippen LogP contribution in [0.25, 0.3) is 11.3 Å². The number of non-ortho nitro benzene ring substituents is 1. The molecule has 3 rings (SSSR count). The van der Waals surface area contributed by atoms with Crippen LogP contribution in [0.15, 0.2) is 53.1 Å². The van der Waals surface area contributed by atoms with Crippen LogP contribution in [-0.4, -0.2) is 35.3 Å². The molecule has 1 aromatic heterocycles. The average Bonchev–Trinajstić information content (AvgIpc) is 3.23. The highest BCUT2D eigenvalue weighted by atomic mass is 16.6. The number of carbonyl (C=O) groups is 1. The zero-order valence-electron chi connectivity index (χ0n) is 17.4. The van der Waals surface area contributed by atoms with E-state index < -0.39 is 17.0 Å². The normalized spacial score (nSPS) is 11.7. The molecule has 9 nitrogen and oxygen atoms in total. The number of aromatic nitrogens is 1. The zero-order chi connectivity index (χ0) is 22.5. The van der Waals surface area contributed by atoms with Gasteiger partial charge in [0.15, 0.2) is 11.9 Å². The standard InChI is InChI=1S/C22H23N3O6/c1-14(21-13-19(23-31-21)16-5-4-6-17(11-16)25(28)29)30-18-9-7-15(8-10-22(26)27)20(12-18)24(2)3/h4-7,9,11-14H,8,10H2,1-3H3,(H,26,27)/t14-/m0/s1. The molecule has 2 aromatic carbocycles. The van der Waals surface area contributed by atoms with E-state index in [1.807, 2.05) is 38.1 Å². The minimum absolute atomic E-state index is 0.0226. The van der Waals surface area contributed by atoms with E-state index in [0.717, 1.165) is 11.3 Å². The van der Waals surface area contributed by atoms with E-state index in [0.29, 0.717) is 29.2 Å². The van der Waals surface area contributed by atoms with Gasteiger partial charge in [-0.2, -0.15) is 0 Å². The second-order valence-corrected chi connectivity index (χ2v) is 7.26. The molecule has 1 N–H and O–H groups in total. The fraction of sp³-hybridized carbons (Fsp3) is 0.273. The molecule has 1 atom stereocenters. The average molecular weight is 425 g/mol. The van der Waals surface area contributed by atoms with E-state index in [-0.39, 0.29) is 12.1 Å². The topological polar surface area (TPSA) is 119 Å². The van der Waals surface area contributed by atoms with Gasteiger partial charge < -0.3 is 19.3 Å². The Balaban J connectivity index is 1.77. The number of hydrogen-bond donors (Lipinski definition) is 1. The fourth-order valence-corrected chi connectivity index (χ4v) is 3.14. The van der Waals surface area contributed by atoms with Crippen molar-refractivity contribution in [3.05, 3.63) is 70.0 Å². The molecule has 0 aliphatic rings. The number of carboxylic acids is 1. The first kappa shape index (κ1) is 21.8. The molecule has 162 valence electrons. The highest BCUT2D eigenvalue weighted by Gasteiger charge is 2.17. The van der Waals surface area contributed by atoms with Gasteiger partial charge in [0.25, 0.3) is 5.69 Å². The SMILES string of the molecule is C[C@H](Oc1ccc(CCC(=O)O)c(N(C)C)c1)c1cc(-c2cccc([N+](=O)[O-])c2)no1. The van der Waals surface area contributed by atoms with Crippen LogP contribution in [0.4, 0.5) is 11.4 Å². The molecule has 0 amide bonds. The van der Waals surface area contributed by atoms with Gasteiger partial charge in [-0.25, -0.2) is 0 Å². The molecule has 0 aliphatic heterocycles. The number of nitro groups is 1. The first-order valence-corrected chi connectivity index (χ1v) is 9.64. The maximum atomic E-state index is 11.0. The Morgan fingerprint density at radius 2 is 2.03 bits per heavy atom. The summed E-state index contributed by atoms with van der Waals surface area (Å²) in [6.45, 7) is 1.81. The van der Waals surface area contributed by atoms with Crippen molar-refractivity contribution in [2.75, 3.05) is 19.0 Å². The number of nitrogens with zero attached hydrogens (tertiary/aromatic N) is 3. The summed E-state index contributed by atoms with van der Waals surface area (Å²) >= 11 is 0. The highest BCUT2D eigenvalue weighted by molar-refractivity contribution is 5.68. The predicted molar refractivity (Wildman–Crippen MR) is 114 cm³/mol. The predicted octanol–water partition coefficient (Wildman–Crippen LogP) is 4.47. The third kappa shape index (κ3) is 5.39. The molecule has 0 unspecified atom stereocenters. The Kier molecular flexibility index (Phi) is 6.54. The monoisotopic (exact) mass is 425 g/mol. The van der Waals surface area contributed by atoms with Crippen LogP contribution in [0.1, 0.15) is 30.8 Å². The minimum atomic E-state index is -0.844. The summed E-state index contributed by atoms with van der Waals surface area (Å²) in [4.78, 5) is 23.3. The molecule has 0 fully saturated rings. The van der Waals surface area contributed by atoms with Crippen molar-refractivity contribution >= 4 is 17.3 Å². The Morgan fingerprint density at radius 1 is 1.26 bits per heavy atom. The lowest BCUT2D eigenvalue weighted by Crippen LogP contribution is -2.12. The van der Waals surface area contributed by atoms with Crippen molar-refractivity contribution < 1.29 is 24.1 Å². The summed E-state index contributed by atoms with van der Waals surface area (Å²) in [7, 11) is 3.77. The number of anilines is 1. The fourth-order valence-electron chi connectivity index (χ4n) is 3.14. The number of benzene rings is 2. The number of rotatable bonds is 9. The molecular formula is C22H23N3O6. The molecule has 31 heavy (non-hydrogen) atoms. The van der Waals surface area contributed by atoms with Crippen molar-refractivity contribution in [1.29, 1.82) is 0 Å². The van der Waals surface area contributed by atoms with Crippen molar-refractivity contribution in [2.45, 2.75) is 25.9 Å². The van der Waals surface area contributed by atoms with Crippen LogP contribution in [0.2, 0.25) is 0 Å². The second-order valence-electron chi connectivity index (χ2n) is 7.26. The molecule has 0 aliphatic carbocycles. The Morgan fingerprint density at radius 3 is 2.71 bits per heavy atom. The Bertz CT molecular complexity index is 1090. The largest absolute Gasteiger partial charge is 0.483 e. The smallest absolute Gasteiger partial charge is 0.303 e. The number of nitro benzene ring substituents is 1. The van der Waals surface area contributed by atoms with Crippen molar-refractivity contribution in [1.82, 2.24) is 5.16 Å². The molecule has 3 aromatic rings. The van der Waals surface area contributed by atoms with Crippen molar-refractivity contribution in [2.24, 2.45) is 0 Å². The summed E-state index contributed by atoms with van der Waals surface area (Å²) in [6.07, 6.45) is 0.0170. The van der Waals surface area contributed by atoms with Gasteiger partial charge in [0.1, 0.15) is 11.4 Å². The van der Waals surface area contributed by atoms with Gasteiger partial charge in [0.2, 0.25) is 0 Å². The lowest BCUT2D eigenvalue weighted by Gasteiger charge is -2.20. The first-order valence-electron chi connectivity index (χ1n) is 9.64. The van der Waals surface area contributed by atoms with E-state index in [1.54, 1.807) is 24.3 Å². The minimum Gasteiger partial charge on any atom is -0.483 e. The summed E-state index contributed by atoms with van der Waals surface area (Å²) < 4.78 is 11.4. The summed E-state index contributed by atoms with van der Waals surface area (Å²) in [5, 5.41) is 23.9. The molecule has 9 heteroatoms. The van der Waals surface area contributed by atoms with Gasteiger partial charge in [0.05, 0.1) is 4.92 Å². The molecular weight excluding hydrogens is 402 g/mol. The molecule has 0 saturated heterocycles.